The average molecular weight is 323 g/mol. The number of likely N-dealkylation sites (tertiary alicyclic amines) is 1. The zero-order valence-corrected chi connectivity index (χ0v) is 14.5. The Morgan fingerprint density at radius 2 is 2.18 bits per heavy atom. The molecular formula is C16H25N3O2S. The molecule has 1 aliphatic rings. The number of amides is 2. The molecule has 22 heavy (non-hydrogen) atoms. The van der Waals surface area contributed by atoms with Crippen molar-refractivity contribution in [3.8, 4) is 0 Å². The molecule has 0 spiro atoms. The summed E-state index contributed by atoms with van der Waals surface area (Å²) in [5.74, 6) is 0.482. The standard InChI is InChI=1S/C16H25N3O2S/c1-11-9-19(10-14(11)18(3)4)16(21)8-13(17-12(2)20)15-6-5-7-22-15/h5-7,11,13-14H,8-10H2,1-4H3,(H,17,20). The fourth-order valence-electron chi connectivity index (χ4n) is 3.09. The largest absolute Gasteiger partial charge is 0.348 e. The van der Waals surface area contributed by atoms with Gasteiger partial charge in [-0.25, -0.2) is 0 Å². The van der Waals surface area contributed by atoms with Gasteiger partial charge in [-0.1, -0.05) is 13.0 Å². The first kappa shape index (κ1) is 17.0. The Morgan fingerprint density at radius 3 is 2.68 bits per heavy atom. The zero-order chi connectivity index (χ0) is 16.3. The summed E-state index contributed by atoms with van der Waals surface area (Å²) >= 11 is 1.57. The minimum Gasteiger partial charge on any atom is -0.348 e. The van der Waals surface area contributed by atoms with Crippen LogP contribution in [0.4, 0.5) is 0 Å². The number of carbonyl (C=O) groups is 2. The molecule has 0 bridgehead atoms. The van der Waals surface area contributed by atoms with Crippen LogP contribution in [0.2, 0.25) is 0 Å². The van der Waals surface area contributed by atoms with E-state index in [1.807, 2.05) is 22.4 Å². The monoisotopic (exact) mass is 323 g/mol. The molecule has 122 valence electrons. The molecule has 3 unspecified atom stereocenters. The number of nitrogens with one attached hydrogen (secondary N) is 1. The normalized spacial score (nSPS) is 22.9. The van der Waals surface area contributed by atoms with Crippen molar-refractivity contribution in [3.05, 3.63) is 22.4 Å². The summed E-state index contributed by atoms with van der Waals surface area (Å²) in [7, 11) is 4.11. The third-order valence-electron chi connectivity index (χ3n) is 4.23. The quantitative estimate of drug-likeness (QED) is 0.898. The fourth-order valence-corrected chi connectivity index (χ4v) is 3.86. The van der Waals surface area contributed by atoms with Crippen LogP contribution in [0, 0.1) is 5.92 Å². The highest BCUT2D eigenvalue weighted by atomic mass is 32.1. The van der Waals surface area contributed by atoms with E-state index >= 15 is 0 Å². The smallest absolute Gasteiger partial charge is 0.225 e. The Bertz CT molecular complexity index is 515. The lowest BCUT2D eigenvalue weighted by molar-refractivity contribution is -0.131. The van der Waals surface area contributed by atoms with Gasteiger partial charge < -0.3 is 15.1 Å². The Kier molecular flexibility index (Phi) is 5.58. The van der Waals surface area contributed by atoms with Crippen LogP contribution in [-0.4, -0.2) is 54.8 Å². The summed E-state index contributed by atoms with van der Waals surface area (Å²) in [6, 6.07) is 4.09. The second-order valence-corrected chi connectivity index (χ2v) is 7.26. The molecule has 1 N–H and O–H groups in total. The Balaban J connectivity index is 2.01. The van der Waals surface area contributed by atoms with Crippen LogP contribution >= 0.6 is 11.3 Å². The highest BCUT2D eigenvalue weighted by molar-refractivity contribution is 7.10. The van der Waals surface area contributed by atoms with Crippen molar-refractivity contribution in [2.24, 2.45) is 5.92 Å². The number of hydrogen-bond donors (Lipinski definition) is 1. The number of likely N-dealkylation sites (N-methyl/N-ethyl adjacent to an activating group) is 1. The third-order valence-corrected chi connectivity index (χ3v) is 5.22. The zero-order valence-electron chi connectivity index (χ0n) is 13.7. The van der Waals surface area contributed by atoms with E-state index in [2.05, 4.69) is 31.2 Å². The molecule has 0 aromatic carbocycles. The molecule has 5 nitrogen and oxygen atoms in total. The summed E-state index contributed by atoms with van der Waals surface area (Å²) in [4.78, 5) is 29.2. The van der Waals surface area contributed by atoms with Crippen molar-refractivity contribution in [2.45, 2.75) is 32.4 Å². The van der Waals surface area contributed by atoms with Crippen LogP contribution in [0.15, 0.2) is 17.5 Å². The molecule has 0 saturated carbocycles. The molecular weight excluding hydrogens is 298 g/mol. The summed E-state index contributed by atoms with van der Waals surface area (Å²) in [5, 5.41) is 4.86. The molecule has 1 aliphatic heterocycles. The first-order valence-electron chi connectivity index (χ1n) is 7.63. The fraction of sp³-hybridized carbons (Fsp3) is 0.625. The molecule has 0 radical (unpaired) electrons. The van der Waals surface area contributed by atoms with Crippen LogP contribution in [-0.2, 0) is 9.59 Å². The van der Waals surface area contributed by atoms with E-state index < -0.39 is 0 Å². The van der Waals surface area contributed by atoms with Crippen molar-refractivity contribution in [1.29, 1.82) is 0 Å². The van der Waals surface area contributed by atoms with Gasteiger partial charge in [-0.15, -0.1) is 11.3 Å². The number of carbonyl (C=O) groups excluding carboxylic acids is 2. The van der Waals surface area contributed by atoms with E-state index in [1.165, 1.54) is 6.92 Å². The van der Waals surface area contributed by atoms with Gasteiger partial charge in [-0.05, 0) is 31.5 Å². The van der Waals surface area contributed by atoms with Gasteiger partial charge >= 0.3 is 0 Å². The molecule has 1 aromatic heterocycles. The van der Waals surface area contributed by atoms with Gasteiger partial charge in [0.2, 0.25) is 11.8 Å². The van der Waals surface area contributed by atoms with Gasteiger partial charge in [0.25, 0.3) is 0 Å². The van der Waals surface area contributed by atoms with Crippen LogP contribution in [0.1, 0.15) is 31.2 Å². The number of rotatable bonds is 5. The minimum absolute atomic E-state index is 0.104. The summed E-state index contributed by atoms with van der Waals surface area (Å²) < 4.78 is 0. The highest BCUT2D eigenvalue weighted by Crippen LogP contribution is 2.26. The molecule has 1 fully saturated rings. The van der Waals surface area contributed by atoms with Crippen molar-refractivity contribution in [3.63, 3.8) is 0 Å². The second kappa shape index (κ2) is 7.24. The Morgan fingerprint density at radius 1 is 1.45 bits per heavy atom. The van der Waals surface area contributed by atoms with Gasteiger partial charge in [0.15, 0.2) is 0 Å². The Labute approximate surface area is 136 Å². The van der Waals surface area contributed by atoms with Crippen LogP contribution < -0.4 is 5.32 Å². The van der Waals surface area contributed by atoms with Gasteiger partial charge in [-0.2, -0.15) is 0 Å². The van der Waals surface area contributed by atoms with Crippen LogP contribution in [0.25, 0.3) is 0 Å². The molecule has 0 aliphatic carbocycles. The van der Waals surface area contributed by atoms with E-state index in [4.69, 9.17) is 0 Å². The predicted octanol–water partition coefficient (Wildman–Crippen LogP) is 1.72. The molecule has 3 atom stereocenters. The van der Waals surface area contributed by atoms with E-state index in [1.54, 1.807) is 11.3 Å². The van der Waals surface area contributed by atoms with E-state index in [-0.39, 0.29) is 17.9 Å². The minimum atomic E-state index is -0.223. The molecule has 1 aromatic rings. The average Bonchev–Trinajstić information content (AvgIpc) is 3.06. The van der Waals surface area contributed by atoms with Crippen molar-refractivity contribution < 1.29 is 9.59 Å². The molecule has 6 heteroatoms. The number of nitrogens with zero attached hydrogens (tertiary/aromatic N) is 2. The lowest BCUT2D eigenvalue weighted by atomic mass is 10.1. The maximum absolute atomic E-state index is 12.6. The van der Waals surface area contributed by atoms with Gasteiger partial charge in [0.05, 0.1) is 12.5 Å². The second-order valence-electron chi connectivity index (χ2n) is 6.28. The van der Waals surface area contributed by atoms with E-state index in [0.717, 1.165) is 18.0 Å². The van der Waals surface area contributed by atoms with E-state index in [9.17, 15) is 9.59 Å². The van der Waals surface area contributed by atoms with Crippen molar-refractivity contribution in [2.75, 3.05) is 27.2 Å². The molecule has 1 saturated heterocycles. The van der Waals surface area contributed by atoms with Gasteiger partial charge in [0, 0.05) is 30.9 Å². The Hall–Kier alpha value is -1.40. The summed E-state index contributed by atoms with van der Waals surface area (Å²) in [6.45, 7) is 5.23. The lowest BCUT2D eigenvalue weighted by Crippen LogP contribution is -2.37. The van der Waals surface area contributed by atoms with Crippen molar-refractivity contribution in [1.82, 2.24) is 15.1 Å². The topological polar surface area (TPSA) is 52.7 Å². The first-order valence-corrected chi connectivity index (χ1v) is 8.51. The molecule has 2 amide bonds. The highest BCUT2D eigenvalue weighted by Gasteiger charge is 2.34. The maximum atomic E-state index is 12.6. The van der Waals surface area contributed by atoms with Crippen molar-refractivity contribution >= 4 is 23.2 Å². The van der Waals surface area contributed by atoms with Gasteiger partial charge in [-0.3, -0.25) is 9.59 Å². The van der Waals surface area contributed by atoms with Crippen LogP contribution in [0.3, 0.4) is 0 Å². The molecule has 2 rings (SSSR count). The third kappa shape index (κ3) is 4.08. The van der Waals surface area contributed by atoms with Gasteiger partial charge in [0.1, 0.15) is 0 Å². The van der Waals surface area contributed by atoms with E-state index in [0.29, 0.717) is 18.4 Å². The predicted molar refractivity (Wildman–Crippen MR) is 88.7 cm³/mol. The summed E-state index contributed by atoms with van der Waals surface area (Å²) in [6.07, 6.45) is 0.326. The summed E-state index contributed by atoms with van der Waals surface area (Å²) in [5.41, 5.74) is 0. The number of hydrogen-bond acceptors (Lipinski definition) is 4. The van der Waals surface area contributed by atoms with Crippen LogP contribution in [0.5, 0.6) is 0 Å². The lowest BCUT2D eigenvalue weighted by Gasteiger charge is -2.23. The first-order chi connectivity index (χ1) is 10.4. The molecule has 2 heterocycles. The number of thiophene rings is 1. The SMILES string of the molecule is CC(=O)NC(CC(=O)N1CC(C)C(N(C)C)C1)c1cccs1. The maximum Gasteiger partial charge on any atom is 0.225 e.